The Bertz CT molecular complexity index is 523. The Labute approximate surface area is 112 Å². The molecule has 0 radical (unpaired) electrons. The molecule has 110 valence electrons. The summed E-state index contributed by atoms with van der Waals surface area (Å²) in [6, 6.07) is 1.98. The molecule has 20 heavy (non-hydrogen) atoms. The van der Waals surface area contributed by atoms with E-state index < -0.39 is 35.2 Å². The number of ketones is 1. The van der Waals surface area contributed by atoms with Gasteiger partial charge >= 0.3 is 12.1 Å². The molecule has 0 N–H and O–H groups in total. The van der Waals surface area contributed by atoms with Crippen LogP contribution in [0.3, 0.4) is 0 Å². The van der Waals surface area contributed by atoms with Gasteiger partial charge in [0.05, 0.1) is 18.6 Å². The number of hydrogen-bond acceptors (Lipinski definition) is 3. The zero-order valence-corrected chi connectivity index (χ0v) is 10.8. The van der Waals surface area contributed by atoms with E-state index in [1.807, 2.05) is 0 Å². The Balaban J connectivity index is 2.98. The van der Waals surface area contributed by atoms with Crippen molar-refractivity contribution in [2.45, 2.75) is 19.5 Å². The fourth-order valence-electron chi connectivity index (χ4n) is 1.60. The molecular weight excluding hydrogens is 280 g/mol. The van der Waals surface area contributed by atoms with E-state index in [2.05, 4.69) is 4.74 Å². The summed E-state index contributed by atoms with van der Waals surface area (Å²) >= 11 is 0. The molecule has 0 fully saturated rings. The van der Waals surface area contributed by atoms with Crippen molar-refractivity contribution in [3.05, 3.63) is 35.1 Å². The average Bonchev–Trinajstić information content (AvgIpc) is 2.36. The van der Waals surface area contributed by atoms with Crippen molar-refractivity contribution in [3.63, 3.8) is 0 Å². The van der Waals surface area contributed by atoms with Crippen LogP contribution in [0.5, 0.6) is 0 Å². The smallest absolute Gasteiger partial charge is 0.419 e. The van der Waals surface area contributed by atoms with E-state index in [0.29, 0.717) is 12.1 Å². The van der Waals surface area contributed by atoms with Gasteiger partial charge in [-0.1, -0.05) is 6.92 Å². The highest BCUT2D eigenvalue weighted by molar-refractivity contribution is 5.98. The number of carbonyl (C=O) groups is 2. The molecule has 0 saturated heterocycles. The Morgan fingerprint density at radius 2 is 1.90 bits per heavy atom. The minimum Gasteiger partial charge on any atom is -0.469 e. The summed E-state index contributed by atoms with van der Waals surface area (Å²) in [6.07, 6.45) is -5.19. The maximum absolute atomic E-state index is 13.1. The first kappa shape index (κ1) is 16.1. The molecule has 1 atom stereocenters. The van der Waals surface area contributed by atoms with Crippen LogP contribution in [0, 0.1) is 11.7 Å². The third kappa shape index (κ3) is 3.79. The topological polar surface area (TPSA) is 43.4 Å². The van der Waals surface area contributed by atoms with Crippen molar-refractivity contribution in [1.29, 1.82) is 0 Å². The minimum atomic E-state index is -4.88. The van der Waals surface area contributed by atoms with E-state index in [1.165, 1.54) is 6.92 Å². The molecule has 7 heteroatoms. The summed E-state index contributed by atoms with van der Waals surface area (Å²) in [5, 5.41) is 0. The minimum absolute atomic E-state index is 0.297. The molecule has 3 nitrogen and oxygen atoms in total. The number of rotatable bonds is 4. The van der Waals surface area contributed by atoms with Crippen LogP contribution < -0.4 is 0 Å². The van der Waals surface area contributed by atoms with Gasteiger partial charge in [0, 0.05) is 12.0 Å². The molecule has 1 aromatic carbocycles. The molecule has 1 aromatic rings. The number of alkyl halides is 3. The third-order valence-corrected chi connectivity index (χ3v) is 2.69. The number of esters is 1. The van der Waals surface area contributed by atoms with Gasteiger partial charge in [-0.2, -0.15) is 13.2 Å². The number of methoxy groups -OCH3 is 1. The van der Waals surface area contributed by atoms with E-state index >= 15 is 0 Å². The van der Waals surface area contributed by atoms with Crippen LogP contribution in [-0.2, 0) is 15.7 Å². The molecule has 0 aliphatic carbocycles. The molecule has 1 unspecified atom stereocenters. The highest BCUT2D eigenvalue weighted by Gasteiger charge is 2.34. The predicted octanol–water partition coefficient (Wildman–Crippen LogP) is 3.23. The fourth-order valence-corrected chi connectivity index (χ4v) is 1.60. The monoisotopic (exact) mass is 292 g/mol. The number of hydrogen-bond donors (Lipinski definition) is 0. The lowest BCUT2D eigenvalue weighted by Crippen LogP contribution is -2.17. The van der Waals surface area contributed by atoms with Crippen LogP contribution in [0.2, 0.25) is 0 Å². The predicted molar refractivity (Wildman–Crippen MR) is 61.5 cm³/mol. The van der Waals surface area contributed by atoms with Gasteiger partial charge in [-0.3, -0.25) is 9.59 Å². The lowest BCUT2D eigenvalue weighted by atomic mass is 9.98. The van der Waals surface area contributed by atoms with Crippen molar-refractivity contribution in [2.75, 3.05) is 7.11 Å². The summed E-state index contributed by atoms with van der Waals surface area (Å²) in [5.41, 5.74) is -1.80. The van der Waals surface area contributed by atoms with Crippen LogP contribution in [-0.4, -0.2) is 18.9 Å². The lowest BCUT2D eigenvalue weighted by Gasteiger charge is -2.11. The van der Waals surface area contributed by atoms with E-state index in [0.717, 1.165) is 13.2 Å². The standard InChI is InChI=1S/C13H12F4O3/c1-7(12(19)20-2)5-11(18)8-3-4-10(14)9(6-8)13(15,16)17/h3-4,6-7H,5H2,1-2H3. The second-order valence-corrected chi connectivity index (χ2v) is 4.24. The van der Waals surface area contributed by atoms with Gasteiger partial charge in [-0.15, -0.1) is 0 Å². The molecule has 0 bridgehead atoms. The number of Topliss-reactive ketones (excluding diaryl/α,β-unsaturated/α-hetero) is 1. The van der Waals surface area contributed by atoms with Gasteiger partial charge in [0.15, 0.2) is 5.78 Å². The highest BCUT2D eigenvalue weighted by atomic mass is 19.4. The average molecular weight is 292 g/mol. The molecule has 0 aliphatic heterocycles. The van der Waals surface area contributed by atoms with Crippen LogP contribution in [0.4, 0.5) is 17.6 Å². The van der Waals surface area contributed by atoms with Gasteiger partial charge in [0.1, 0.15) is 5.82 Å². The van der Waals surface area contributed by atoms with E-state index in [4.69, 9.17) is 0 Å². The van der Waals surface area contributed by atoms with Crippen LogP contribution >= 0.6 is 0 Å². The van der Waals surface area contributed by atoms with Crippen molar-refractivity contribution < 1.29 is 31.9 Å². The zero-order chi connectivity index (χ0) is 15.5. The summed E-state index contributed by atoms with van der Waals surface area (Å²) < 4.78 is 55.0. The van der Waals surface area contributed by atoms with Crippen LogP contribution in [0.1, 0.15) is 29.3 Å². The summed E-state index contributed by atoms with van der Waals surface area (Å²) in [4.78, 5) is 22.9. The second-order valence-electron chi connectivity index (χ2n) is 4.24. The SMILES string of the molecule is COC(=O)C(C)CC(=O)c1ccc(F)c(C(F)(F)F)c1. The lowest BCUT2D eigenvalue weighted by molar-refractivity contribution is -0.144. The molecule has 0 aliphatic rings. The van der Waals surface area contributed by atoms with E-state index in [1.54, 1.807) is 0 Å². The van der Waals surface area contributed by atoms with Gasteiger partial charge in [-0.25, -0.2) is 4.39 Å². The molecule has 1 rings (SSSR count). The van der Waals surface area contributed by atoms with Gasteiger partial charge in [0.2, 0.25) is 0 Å². The quantitative estimate of drug-likeness (QED) is 0.486. The van der Waals surface area contributed by atoms with Crippen molar-refractivity contribution >= 4 is 11.8 Å². The maximum atomic E-state index is 13.1. The van der Waals surface area contributed by atoms with Crippen LogP contribution in [0.25, 0.3) is 0 Å². The molecular formula is C13H12F4O3. The normalized spacial score (nSPS) is 12.9. The van der Waals surface area contributed by atoms with Crippen molar-refractivity contribution in [2.24, 2.45) is 5.92 Å². The molecule has 0 heterocycles. The maximum Gasteiger partial charge on any atom is 0.419 e. The Kier molecular flexibility index (Phi) is 4.86. The first-order valence-corrected chi connectivity index (χ1v) is 5.64. The molecule has 0 aromatic heterocycles. The van der Waals surface area contributed by atoms with Crippen LogP contribution in [0.15, 0.2) is 18.2 Å². The first-order chi connectivity index (χ1) is 9.16. The highest BCUT2D eigenvalue weighted by Crippen LogP contribution is 2.32. The largest absolute Gasteiger partial charge is 0.469 e. The van der Waals surface area contributed by atoms with E-state index in [-0.39, 0.29) is 12.0 Å². The van der Waals surface area contributed by atoms with Gasteiger partial charge in [-0.05, 0) is 18.2 Å². The summed E-state index contributed by atoms with van der Waals surface area (Å²) in [5.74, 6) is -3.56. The van der Waals surface area contributed by atoms with E-state index in [9.17, 15) is 27.2 Å². The Hall–Kier alpha value is -1.92. The molecule has 0 spiro atoms. The summed E-state index contributed by atoms with van der Waals surface area (Å²) in [7, 11) is 1.14. The number of benzene rings is 1. The molecule has 0 amide bonds. The number of halogens is 4. The zero-order valence-electron chi connectivity index (χ0n) is 10.8. The second kappa shape index (κ2) is 6.02. The first-order valence-electron chi connectivity index (χ1n) is 5.64. The number of ether oxygens (including phenoxy) is 1. The van der Waals surface area contributed by atoms with Gasteiger partial charge in [0.25, 0.3) is 0 Å². The molecule has 0 saturated carbocycles. The number of carbonyl (C=O) groups excluding carboxylic acids is 2. The Morgan fingerprint density at radius 1 is 1.30 bits per heavy atom. The third-order valence-electron chi connectivity index (χ3n) is 2.69. The van der Waals surface area contributed by atoms with Gasteiger partial charge < -0.3 is 4.74 Å². The van der Waals surface area contributed by atoms with Crippen molar-refractivity contribution in [3.8, 4) is 0 Å². The summed E-state index contributed by atoms with van der Waals surface area (Å²) in [6.45, 7) is 1.41. The Morgan fingerprint density at radius 3 is 2.40 bits per heavy atom. The fraction of sp³-hybridized carbons (Fsp3) is 0.385. The van der Waals surface area contributed by atoms with Crippen molar-refractivity contribution in [1.82, 2.24) is 0 Å².